The number of hydrogen-bond donors (Lipinski definition) is 4. The zero-order chi connectivity index (χ0) is 22.9. The van der Waals surface area contributed by atoms with E-state index in [1.165, 1.54) is 18.9 Å². The van der Waals surface area contributed by atoms with Crippen molar-refractivity contribution in [3.63, 3.8) is 0 Å². The van der Waals surface area contributed by atoms with Crippen LogP contribution < -0.4 is 30.7 Å². The topological polar surface area (TPSA) is 118 Å². The number of hydrogen-bond acceptors (Lipinski definition) is 8. The Hall–Kier alpha value is -2.76. The first-order valence-corrected chi connectivity index (χ1v) is 11.9. The van der Waals surface area contributed by atoms with Crippen molar-refractivity contribution in [2.24, 2.45) is 0 Å². The second-order valence-electron chi connectivity index (χ2n) is 7.00. The van der Waals surface area contributed by atoms with E-state index < -0.39 is 5.50 Å². The maximum Gasteiger partial charge on any atom is 0.234 e. The Morgan fingerprint density at radius 1 is 1.22 bits per heavy atom. The van der Waals surface area contributed by atoms with Gasteiger partial charge in [-0.05, 0) is 23.6 Å². The van der Waals surface area contributed by atoms with Crippen LogP contribution >= 0.6 is 23.1 Å². The van der Waals surface area contributed by atoms with Crippen molar-refractivity contribution in [1.29, 1.82) is 0 Å². The molecule has 3 amide bonds. The fraction of sp³-hybridized carbons (Fsp3) is 0.381. The van der Waals surface area contributed by atoms with Gasteiger partial charge in [0.2, 0.25) is 17.7 Å². The molecule has 32 heavy (non-hydrogen) atoms. The molecule has 2 aromatic rings. The van der Waals surface area contributed by atoms with Gasteiger partial charge in [0.25, 0.3) is 0 Å². The minimum absolute atomic E-state index is 0.0929. The molecule has 0 saturated carbocycles. The molecule has 172 valence electrons. The second-order valence-corrected chi connectivity index (χ2v) is 9.13. The summed E-state index contributed by atoms with van der Waals surface area (Å²) in [6, 6.07) is 8.70. The molecule has 2 atom stereocenters. The van der Waals surface area contributed by atoms with Crippen molar-refractivity contribution in [1.82, 2.24) is 16.0 Å². The van der Waals surface area contributed by atoms with Gasteiger partial charge in [0, 0.05) is 29.8 Å². The minimum atomic E-state index is -0.468. The Bertz CT molecular complexity index is 938. The number of rotatable bonds is 10. The van der Waals surface area contributed by atoms with Crippen molar-refractivity contribution in [3.05, 3.63) is 40.6 Å². The Morgan fingerprint density at radius 3 is 2.78 bits per heavy atom. The van der Waals surface area contributed by atoms with E-state index in [-0.39, 0.29) is 42.4 Å². The summed E-state index contributed by atoms with van der Waals surface area (Å²) in [5.41, 5.74) is 0.0303. The molecule has 1 aliphatic heterocycles. The third kappa shape index (κ3) is 7.14. The summed E-state index contributed by atoms with van der Waals surface area (Å²) in [6.07, 6.45) is 0.389. The maximum absolute atomic E-state index is 12.4. The lowest BCUT2D eigenvalue weighted by molar-refractivity contribution is -0.125. The zero-order valence-electron chi connectivity index (χ0n) is 17.8. The number of carbonyl (C=O) groups is 3. The molecule has 2 heterocycles. The first kappa shape index (κ1) is 23.9. The molecule has 1 aromatic carbocycles. The van der Waals surface area contributed by atoms with E-state index in [1.807, 2.05) is 17.5 Å². The van der Waals surface area contributed by atoms with Gasteiger partial charge < -0.3 is 25.4 Å². The van der Waals surface area contributed by atoms with Crippen molar-refractivity contribution >= 4 is 46.5 Å². The Balaban J connectivity index is 1.46. The largest absolute Gasteiger partial charge is 0.497 e. The standard InChI is InChI=1S/C21H26N4O5S2/c1-29-14-5-6-17(30-2)16(10-14)24-20(28)12-32-21-23-13(9-19(27)25-21)8-18(26)22-11-15-4-3-7-31-15/h3-7,10,13,21,23H,8-9,11-12H2,1-2H3,(H,22,26)(H,24,28)(H,25,27). The molecule has 0 bridgehead atoms. The predicted octanol–water partition coefficient (Wildman–Crippen LogP) is 1.91. The van der Waals surface area contributed by atoms with Crippen molar-refractivity contribution in [2.45, 2.75) is 30.9 Å². The van der Waals surface area contributed by atoms with Crippen molar-refractivity contribution in [3.8, 4) is 11.5 Å². The van der Waals surface area contributed by atoms with Crippen LogP contribution in [0.1, 0.15) is 17.7 Å². The summed E-state index contributed by atoms with van der Waals surface area (Å²) in [5, 5.41) is 13.6. The van der Waals surface area contributed by atoms with Gasteiger partial charge in [-0.25, -0.2) is 0 Å². The van der Waals surface area contributed by atoms with Gasteiger partial charge >= 0.3 is 0 Å². The van der Waals surface area contributed by atoms with Crippen LogP contribution in [0.2, 0.25) is 0 Å². The van der Waals surface area contributed by atoms with Crippen LogP contribution in [-0.2, 0) is 20.9 Å². The fourth-order valence-corrected chi connectivity index (χ4v) is 4.65. The summed E-state index contributed by atoms with van der Waals surface area (Å²) < 4.78 is 10.4. The Morgan fingerprint density at radius 2 is 2.06 bits per heavy atom. The van der Waals surface area contributed by atoms with E-state index in [0.717, 1.165) is 4.88 Å². The Kier molecular flexibility index (Phi) is 8.77. The molecular weight excluding hydrogens is 452 g/mol. The van der Waals surface area contributed by atoms with Crippen LogP contribution in [0.3, 0.4) is 0 Å². The highest BCUT2D eigenvalue weighted by Gasteiger charge is 2.28. The number of anilines is 1. The SMILES string of the molecule is COc1ccc(OC)c(NC(=O)CSC2NC(=O)CC(CC(=O)NCc3cccs3)N2)c1. The van der Waals surface area contributed by atoms with E-state index >= 15 is 0 Å². The highest BCUT2D eigenvalue weighted by molar-refractivity contribution is 8.00. The highest BCUT2D eigenvalue weighted by Crippen LogP contribution is 2.29. The normalized spacial score (nSPS) is 17.9. The smallest absolute Gasteiger partial charge is 0.234 e. The van der Waals surface area contributed by atoms with Crippen LogP contribution in [0.25, 0.3) is 0 Å². The first-order chi connectivity index (χ1) is 15.5. The lowest BCUT2D eigenvalue weighted by Gasteiger charge is -2.30. The van der Waals surface area contributed by atoms with Crippen LogP contribution in [0, 0.1) is 0 Å². The second kappa shape index (κ2) is 11.7. The zero-order valence-corrected chi connectivity index (χ0v) is 19.4. The molecule has 1 saturated heterocycles. The van der Waals surface area contributed by atoms with E-state index in [2.05, 4.69) is 21.3 Å². The van der Waals surface area contributed by atoms with E-state index in [9.17, 15) is 14.4 Å². The number of thiophene rings is 1. The van der Waals surface area contributed by atoms with Crippen molar-refractivity contribution < 1.29 is 23.9 Å². The third-order valence-corrected chi connectivity index (χ3v) is 6.54. The molecule has 3 rings (SSSR count). The molecule has 0 radical (unpaired) electrons. The van der Waals surface area contributed by atoms with Crippen LogP contribution in [-0.4, -0.2) is 49.2 Å². The lowest BCUT2D eigenvalue weighted by Crippen LogP contribution is -2.56. The number of ether oxygens (including phenoxy) is 2. The van der Waals surface area contributed by atoms with E-state index in [0.29, 0.717) is 23.7 Å². The lowest BCUT2D eigenvalue weighted by atomic mass is 10.1. The molecule has 4 N–H and O–H groups in total. The molecule has 0 spiro atoms. The molecule has 11 heteroatoms. The van der Waals surface area contributed by atoms with Gasteiger partial charge in [-0.1, -0.05) is 6.07 Å². The van der Waals surface area contributed by atoms with Crippen LogP contribution in [0.15, 0.2) is 35.7 Å². The van der Waals surface area contributed by atoms with Gasteiger partial charge in [-0.3, -0.25) is 19.7 Å². The summed E-state index contributed by atoms with van der Waals surface area (Å²) in [5.74, 6) is 0.658. The molecule has 1 aliphatic rings. The number of nitrogens with one attached hydrogen (secondary N) is 4. The Labute approximate surface area is 194 Å². The van der Waals surface area contributed by atoms with Gasteiger partial charge in [-0.15, -0.1) is 23.1 Å². The molecular formula is C21H26N4O5S2. The van der Waals surface area contributed by atoms with Gasteiger partial charge in [0.1, 0.15) is 17.0 Å². The van der Waals surface area contributed by atoms with E-state index in [1.54, 1.807) is 36.6 Å². The number of amides is 3. The monoisotopic (exact) mass is 478 g/mol. The predicted molar refractivity (Wildman–Crippen MR) is 125 cm³/mol. The molecule has 1 aromatic heterocycles. The summed E-state index contributed by atoms with van der Waals surface area (Å²) in [7, 11) is 3.06. The molecule has 9 nitrogen and oxygen atoms in total. The molecule has 0 aliphatic carbocycles. The third-order valence-electron chi connectivity index (χ3n) is 4.64. The maximum atomic E-state index is 12.4. The highest BCUT2D eigenvalue weighted by atomic mass is 32.2. The average molecular weight is 479 g/mol. The average Bonchev–Trinajstić information content (AvgIpc) is 3.29. The number of carbonyl (C=O) groups excluding carboxylic acids is 3. The number of thioether (sulfide) groups is 1. The quantitative estimate of drug-likeness (QED) is 0.412. The van der Waals surface area contributed by atoms with E-state index in [4.69, 9.17) is 9.47 Å². The van der Waals surface area contributed by atoms with Crippen LogP contribution in [0.5, 0.6) is 11.5 Å². The number of benzene rings is 1. The van der Waals surface area contributed by atoms with Gasteiger partial charge in [0.15, 0.2) is 0 Å². The summed E-state index contributed by atoms with van der Waals surface area (Å²) >= 11 is 2.81. The number of methoxy groups -OCH3 is 2. The minimum Gasteiger partial charge on any atom is -0.497 e. The first-order valence-electron chi connectivity index (χ1n) is 9.94. The summed E-state index contributed by atoms with van der Waals surface area (Å²) in [6.45, 7) is 0.474. The molecule has 1 fully saturated rings. The van der Waals surface area contributed by atoms with Crippen LogP contribution in [0.4, 0.5) is 5.69 Å². The van der Waals surface area contributed by atoms with Crippen molar-refractivity contribution in [2.75, 3.05) is 25.3 Å². The fourth-order valence-electron chi connectivity index (χ4n) is 3.12. The van der Waals surface area contributed by atoms with Gasteiger partial charge in [0.05, 0.1) is 32.2 Å². The molecule has 2 unspecified atom stereocenters. The summed E-state index contributed by atoms with van der Waals surface area (Å²) in [4.78, 5) is 37.8. The van der Waals surface area contributed by atoms with Gasteiger partial charge in [-0.2, -0.15) is 0 Å².